The third-order valence-electron chi connectivity index (χ3n) is 4.19. The van der Waals surface area contributed by atoms with Crippen LogP contribution in [0.2, 0.25) is 0 Å². The summed E-state index contributed by atoms with van der Waals surface area (Å²) in [5, 5.41) is 11.5. The number of aliphatic hydroxyl groups is 1. The van der Waals surface area contributed by atoms with Crippen molar-refractivity contribution in [2.75, 3.05) is 30.9 Å². The Labute approximate surface area is 144 Å². The quantitative estimate of drug-likeness (QED) is 0.755. The monoisotopic (exact) mass is 338 g/mol. The highest BCUT2D eigenvalue weighted by Gasteiger charge is 2.32. The summed E-state index contributed by atoms with van der Waals surface area (Å²) in [6, 6.07) is 11.2. The second kappa shape index (κ2) is 6.19. The molecule has 25 heavy (non-hydrogen) atoms. The highest BCUT2D eigenvalue weighted by atomic mass is 16.5. The van der Waals surface area contributed by atoms with Gasteiger partial charge in [-0.05, 0) is 24.3 Å². The third-order valence-corrected chi connectivity index (χ3v) is 4.19. The molecule has 1 aliphatic heterocycles. The van der Waals surface area contributed by atoms with Crippen molar-refractivity contribution in [3.05, 3.63) is 53.9 Å². The van der Waals surface area contributed by atoms with Crippen LogP contribution >= 0.6 is 0 Å². The van der Waals surface area contributed by atoms with Gasteiger partial charge in [-0.1, -0.05) is 12.1 Å². The number of aromatic nitrogens is 1. The molecule has 0 fully saturated rings. The first kappa shape index (κ1) is 15.6. The number of hydrogen-bond acceptors (Lipinski definition) is 7. The van der Waals surface area contributed by atoms with E-state index in [2.05, 4.69) is 9.98 Å². The molecule has 1 aliphatic rings. The summed E-state index contributed by atoms with van der Waals surface area (Å²) in [4.78, 5) is 10.3. The first-order valence-corrected chi connectivity index (χ1v) is 7.94. The number of fused-ring (bicyclic) bond motifs is 3. The zero-order valence-electron chi connectivity index (χ0n) is 13.7. The molecule has 4 rings (SSSR count). The molecule has 0 aliphatic carbocycles. The van der Waals surface area contributed by atoms with Gasteiger partial charge in [-0.3, -0.25) is 0 Å². The molecule has 0 radical (unpaired) electrons. The lowest BCUT2D eigenvalue weighted by Crippen LogP contribution is -2.40. The van der Waals surface area contributed by atoms with Crippen molar-refractivity contribution in [3.8, 4) is 0 Å². The Hall–Kier alpha value is -2.90. The Morgan fingerprint density at radius 1 is 1.28 bits per heavy atom. The smallest absolute Gasteiger partial charge is 0.226 e. The third kappa shape index (κ3) is 2.63. The first-order valence-electron chi connectivity index (χ1n) is 7.94. The summed E-state index contributed by atoms with van der Waals surface area (Å²) in [6.45, 7) is 0.954. The van der Waals surface area contributed by atoms with Crippen LogP contribution in [0.4, 0.5) is 11.5 Å². The van der Waals surface area contributed by atoms with Gasteiger partial charge in [0, 0.05) is 30.8 Å². The predicted octanol–water partition coefficient (Wildman–Crippen LogP) is 1.99. The fraction of sp³-hybridized carbons (Fsp3) is 0.222. The number of nitrogens with zero attached hydrogens (tertiary/aromatic N) is 3. The van der Waals surface area contributed by atoms with E-state index in [1.54, 1.807) is 24.3 Å². The van der Waals surface area contributed by atoms with Crippen LogP contribution in [0.15, 0.2) is 52.0 Å². The molecule has 3 heterocycles. The summed E-state index contributed by atoms with van der Waals surface area (Å²) in [7, 11) is 1.62. The number of pyridine rings is 1. The molecule has 3 aromatic rings. The summed E-state index contributed by atoms with van der Waals surface area (Å²) in [5.41, 5.74) is 8.51. The number of anilines is 2. The van der Waals surface area contributed by atoms with Gasteiger partial charge in [-0.15, -0.1) is 0 Å². The lowest BCUT2D eigenvalue weighted by Gasteiger charge is -2.31. The average Bonchev–Trinajstić information content (AvgIpc) is 3.01. The molecule has 1 atom stereocenters. The number of para-hydroxylation sites is 1. The Morgan fingerprint density at radius 3 is 2.88 bits per heavy atom. The number of methoxy groups -OCH3 is 1. The molecular formula is C18H18N4O3. The van der Waals surface area contributed by atoms with E-state index in [0.29, 0.717) is 30.4 Å². The summed E-state index contributed by atoms with van der Waals surface area (Å²) >= 11 is 0. The first-order chi connectivity index (χ1) is 12.2. The second-order valence-electron chi connectivity index (χ2n) is 5.76. The Bertz CT molecular complexity index is 933. The van der Waals surface area contributed by atoms with Gasteiger partial charge < -0.3 is 24.9 Å². The minimum absolute atomic E-state index is 0.423. The molecule has 1 unspecified atom stereocenters. The number of ether oxygens (including phenoxy) is 1. The maximum Gasteiger partial charge on any atom is 0.226 e. The van der Waals surface area contributed by atoms with E-state index in [1.807, 2.05) is 30.3 Å². The van der Waals surface area contributed by atoms with Gasteiger partial charge in [0.15, 0.2) is 5.76 Å². The van der Waals surface area contributed by atoms with Crippen molar-refractivity contribution < 1.29 is 14.3 Å². The standard InChI is InChI=1S/C18H18N4O3/c1-24-9-8-22-16-12-4-2-3-5-13(12)25-17(16)15(21-18(22)23)11-6-7-14(19)20-10-11/h2-7,10,18,23H,8-9H2,1H3,(H2,19,20). The molecule has 0 saturated carbocycles. The molecule has 0 saturated heterocycles. The fourth-order valence-corrected chi connectivity index (χ4v) is 3.00. The van der Waals surface area contributed by atoms with E-state index in [4.69, 9.17) is 14.9 Å². The topological polar surface area (TPSA) is 97.1 Å². The highest BCUT2D eigenvalue weighted by molar-refractivity contribution is 6.19. The molecule has 128 valence electrons. The fourth-order valence-electron chi connectivity index (χ4n) is 3.00. The van der Waals surface area contributed by atoms with Crippen molar-refractivity contribution in [1.29, 1.82) is 0 Å². The van der Waals surface area contributed by atoms with Crippen LogP contribution in [0.3, 0.4) is 0 Å². The number of aliphatic hydroxyl groups excluding tert-OH is 1. The van der Waals surface area contributed by atoms with Gasteiger partial charge in [-0.2, -0.15) is 0 Å². The number of nitrogen functional groups attached to an aromatic ring is 1. The van der Waals surface area contributed by atoms with E-state index in [1.165, 1.54) is 0 Å². The van der Waals surface area contributed by atoms with Gasteiger partial charge in [0.2, 0.25) is 6.35 Å². The number of benzene rings is 1. The maximum absolute atomic E-state index is 10.6. The number of hydrogen-bond donors (Lipinski definition) is 2. The molecule has 0 amide bonds. The van der Waals surface area contributed by atoms with Gasteiger partial charge in [0.25, 0.3) is 0 Å². The van der Waals surface area contributed by atoms with Gasteiger partial charge in [0.05, 0.1) is 12.3 Å². The number of aliphatic imine (C=N–C) groups is 1. The van der Waals surface area contributed by atoms with Gasteiger partial charge in [-0.25, -0.2) is 9.98 Å². The molecular weight excluding hydrogens is 320 g/mol. The lowest BCUT2D eigenvalue weighted by atomic mass is 10.1. The molecule has 7 heteroatoms. The van der Waals surface area contributed by atoms with Crippen molar-refractivity contribution in [3.63, 3.8) is 0 Å². The molecule has 2 aromatic heterocycles. The largest absolute Gasteiger partial charge is 0.452 e. The van der Waals surface area contributed by atoms with Crippen LogP contribution in [0.5, 0.6) is 0 Å². The lowest BCUT2D eigenvalue weighted by molar-refractivity contribution is 0.153. The molecule has 1 aromatic carbocycles. The Kier molecular flexibility index (Phi) is 3.87. The predicted molar refractivity (Wildman–Crippen MR) is 95.7 cm³/mol. The van der Waals surface area contributed by atoms with Crippen LogP contribution < -0.4 is 10.6 Å². The van der Waals surface area contributed by atoms with E-state index in [-0.39, 0.29) is 0 Å². The molecule has 7 nitrogen and oxygen atoms in total. The molecule has 0 spiro atoms. The van der Waals surface area contributed by atoms with Crippen LogP contribution in [-0.2, 0) is 4.74 Å². The number of nitrogens with two attached hydrogens (primary N) is 1. The van der Waals surface area contributed by atoms with E-state index in [0.717, 1.165) is 22.2 Å². The second-order valence-corrected chi connectivity index (χ2v) is 5.76. The van der Waals surface area contributed by atoms with E-state index >= 15 is 0 Å². The summed E-state index contributed by atoms with van der Waals surface area (Å²) < 4.78 is 11.2. The van der Waals surface area contributed by atoms with Crippen LogP contribution in [0, 0.1) is 0 Å². The number of rotatable bonds is 4. The van der Waals surface area contributed by atoms with Crippen LogP contribution in [0.1, 0.15) is 11.3 Å². The van der Waals surface area contributed by atoms with Crippen molar-refractivity contribution in [2.45, 2.75) is 6.35 Å². The Balaban J connectivity index is 1.90. The van der Waals surface area contributed by atoms with Crippen LogP contribution in [0.25, 0.3) is 11.0 Å². The Morgan fingerprint density at radius 2 is 2.12 bits per heavy atom. The minimum atomic E-state index is -1.03. The average molecular weight is 338 g/mol. The zero-order chi connectivity index (χ0) is 17.4. The normalized spacial score (nSPS) is 16.8. The number of furan rings is 1. The van der Waals surface area contributed by atoms with E-state index in [9.17, 15) is 5.11 Å². The summed E-state index contributed by atoms with van der Waals surface area (Å²) in [6.07, 6.45) is 0.596. The molecule has 3 N–H and O–H groups in total. The van der Waals surface area contributed by atoms with E-state index < -0.39 is 6.35 Å². The van der Waals surface area contributed by atoms with Crippen molar-refractivity contribution in [2.24, 2.45) is 4.99 Å². The van der Waals surface area contributed by atoms with Crippen LogP contribution in [-0.4, -0.2) is 42.4 Å². The van der Waals surface area contributed by atoms with Crippen molar-refractivity contribution in [1.82, 2.24) is 4.98 Å². The highest BCUT2D eigenvalue weighted by Crippen LogP contribution is 2.39. The van der Waals surface area contributed by atoms with Gasteiger partial charge in [0.1, 0.15) is 17.1 Å². The minimum Gasteiger partial charge on any atom is -0.452 e. The molecule has 0 bridgehead atoms. The summed E-state index contributed by atoms with van der Waals surface area (Å²) in [5.74, 6) is 1.03. The maximum atomic E-state index is 10.6. The zero-order valence-corrected chi connectivity index (χ0v) is 13.7. The SMILES string of the molecule is COCCN1c2c(oc3ccccc23)C(c2ccc(N)nc2)=NC1O. The van der Waals surface area contributed by atoms with Crippen molar-refractivity contribution >= 4 is 28.2 Å². The van der Waals surface area contributed by atoms with Gasteiger partial charge >= 0.3 is 0 Å².